The summed E-state index contributed by atoms with van der Waals surface area (Å²) in [5.41, 5.74) is 0.286. The lowest BCUT2D eigenvalue weighted by molar-refractivity contribution is -0.146. The third-order valence-electron chi connectivity index (χ3n) is 2.92. The molecule has 1 aromatic carbocycles. The molecule has 0 unspecified atom stereocenters. The molecule has 98 valence electrons. The van der Waals surface area contributed by atoms with E-state index in [0.717, 1.165) is 5.56 Å². The first-order chi connectivity index (χ1) is 8.27. The highest BCUT2D eigenvalue weighted by molar-refractivity contribution is 6.00. The summed E-state index contributed by atoms with van der Waals surface area (Å²) in [7, 11) is 1.56. The fourth-order valence-electron chi connectivity index (χ4n) is 1.65. The van der Waals surface area contributed by atoms with E-state index < -0.39 is 11.4 Å². The normalized spacial score (nSPS) is 11.1. The Hall–Kier alpha value is -1.84. The molecule has 0 bridgehead atoms. The maximum atomic E-state index is 12.1. The summed E-state index contributed by atoms with van der Waals surface area (Å²) in [6.07, 6.45) is -0.0184. The molecule has 0 fully saturated rings. The first-order valence-electron chi connectivity index (χ1n) is 5.69. The van der Waals surface area contributed by atoms with Gasteiger partial charge in [0.2, 0.25) is 0 Å². The molecule has 0 heterocycles. The van der Waals surface area contributed by atoms with E-state index in [4.69, 9.17) is 9.84 Å². The third kappa shape index (κ3) is 3.09. The van der Waals surface area contributed by atoms with Crippen molar-refractivity contribution in [3.05, 3.63) is 29.3 Å². The zero-order valence-corrected chi connectivity index (χ0v) is 11.1. The molecule has 0 amide bonds. The summed E-state index contributed by atoms with van der Waals surface area (Å²) in [5, 5.41) is 9.02. The smallest absolute Gasteiger partial charge is 0.309 e. The number of hydrogen-bond acceptors (Lipinski definition) is 3. The predicted molar refractivity (Wildman–Crippen MR) is 68.1 cm³/mol. The summed E-state index contributed by atoms with van der Waals surface area (Å²) in [5.74, 6) is -0.453. The van der Waals surface area contributed by atoms with Gasteiger partial charge in [-0.05, 0) is 44.5 Å². The van der Waals surface area contributed by atoms with Gasteiger partial charge in [-0.15, -0.1) is 0 Å². The minimum Gasteiger partial charge on any atom is -0.497 e. The number of aliphatic carboxylic acids is 1. The van der Waals surface area contributed by atoms with E-state index >= 15 is 0 Å². The van der Waals surface area contributed by atoms with E-state index in [1.807, 2.05) is 6.92 Å². The Balaban J connectivity index is 2.95. The van der Waals surface area contributed by atoms with Crippen molar-refractivity contribution in [1.29, 1.82) is 0 Å². The second-order valence-electron chi connectivity index (χ2n) is 4.97. The van der Waals surface area contributed by atoms with Crippen molar-refractivity contribution in [2.24, 2.45) is 5.41 Å². The van der Waals surface area contributed by atoms with E-state index in [0.29, 0.717) is 11.3 Å². The fourth-order valence-corrected chi connectivity index (χ4v) is 1.65. The van der Waals surface area contributed by atoms with E-state index in [2.05, 4.69) is 0 Å². The van der Waals surface area contributed by atoms with Crippen molar-refractivity contribution < 1.29 is 19.4 Å². The number of aryl methyl sites for hydroxylation is 1. The SMILES string of the molecule is COc1ccc(C(=O)CC(C)(C)C(=O)O)c(C)c1. The number of carbonyl (C=O) groups is 2. The molecule has 0 aromatic heterocycles. The second-order valence-corrected chi connectivity index (χ2v) is 4.97. The van der Waals surface area contributed by atoms with Crippen molar-refractivity contribution in [1.82, 2.24) is 0 Å². The van der Waals surface area contributed by atoms with Crippen LogP contribution in [0.25, 0.3) is 0 Å². The first-order valence-corrected chi connectivity index (χ1v) is 5.69. The van der Waals surface area contributed by atoms with Gasteiger partial charge in [-0.3, -0.25) is 9.59 Å². The topological polar surface area (TPSA) is 63.6 Å². The number of Topliss-reactive ketones (excluding diaryl/α,β-unsaturated/α-hetero) is 1. The lowest BCUT2D eigenvalue weighted by atomic mass is 9.85. The maximum absolute atomic E-state index is 12.1. The van der Waals surface area contributed by atoms with Crippen LogP contribution >= 0.6 is 0 Å². The number of ether oxygens (including phenoxy) is 1. The van der Waals surface area contributed by atoms with Crippen molar-refractivity contribution in [3.8, 4) is 5.75 Å². The van der Waals surface area contributed by atoms with E-state index in [1.54, 1.807) is 39.2 Å². The quantitative estimate of drug-likeness (QED) is 0.816. The number of methoxy groups -OCH3 is 1. The third-order valence-corrected chi connectivity index (χ3v) is 2.92. The molecule has 0 saturated carbocycles. The Morgan fingerprint density at radius 2 is 1.94 bits per heavy atom. The van der Waals surface area contributed by atoms with Gasteiger partial charge in [0.05, 0.1) is 12.5 Å². The largest absolute Gasteiger partial charge is 0.497 e. The number of carbonyl (C=O) groups excluding carboxylic acids is 1. The van der Waals surface area contributed by atoms with Crippen molar-refractivity contribution in [2.45, 2.75) is 27.2 Å². The lowest BCUT2D eigenvalue weighted by Gasteiger charge is -2.18. The van der Waals surface area contributed by atoms with Gasteiger partial charge in [0.1, 0.15) is 5.75 Å². The molecule has 0 aliphatic heterocycles. The molecule has 0 aliphatic rings. The van der Waals surface area contributed by atoms with Crippen LogP contribution in [0.1, 0.15) is 36.2 Å². The summed E-state index contributed by atoms with van der Waals surface area (Å²) >= 11 is 0. The van der Waals surface area contributed by atoms with Gasteiger partial charge in [0.15, 0.2) is 5.78 Å². The highest BCUT2D eigenvalue weighted by atomic mass is 16.5. The standard InChI is InChI=1S/C14H18O4/c1-9-7-10(18-4)5-6-11(9)12(15)8-14(2,3)13(16)17/h5-7H,8H2,1-4H3,(H,16,17). The second kappa shape index (κ2) is 5.21. The molecule has 0 radical (unpaired) electrons. The molecule has 1 aromatic rings. The zero-order valence-electron chi connectivity index (χ0n) is 11.1. The van der Waals surface area contributed by atoms with Crippen LogP contribution in [0.3, 0.4) is 0 Å². The number of benzene rings is 1. The molecule has 4 heteroatoms. The van der Waals surface area contributed by atoms with Gasteiger partial charge in [-0.25, -0.2) is 0 Å². The Morgan fingerprint density at radius 3 is 2.39 bits per heavy atom. The van der Waals surface area contributed by atoms with Crippen LogP contribution < -0.4 is 4.74 Å². The van der Waals surface area contributed by atoms with Crippen LogP contribution in [0.15, 0.2) is 18.2 Å². The molecule has 0 aliphatic carbocycles. The Kier molecular flexibility index (Phi) is 4.11. The summed E-state index contributed by atoms with van der Waals surface area (Å²) < 4.78 is 5.06. The minimum absolute atomic E-state index is 0.0184. The van der Waals surface area contributed by atoms with Gasteiger partial charge in [-0.2, -0.15) is 0 Å². The van der Waals surface area contributed by atoms with E-state index in [-0.39, 0.29) is 12.2 Å². The van der Waals surface area contributed by atoms with Crippen LogP contribution in [0, 0.1) is 12.3 Å². The summed E-state index contributed by atoms with van der Waals surface area (Å²) in [6, 6.07) is 5.14. The van der Waals surface area contributed by atoms with Crippen LogP contribution in [0.2, 0.25) is 0 Å². The maximum Gasteiger partial charge on any atom is 0.309 e. The van der Waals surface area contributed by atoms with Gasteiger partial charge >= 0.3 is 5.97 Å². The molecule has 18 heavy (non-hydrogen) atoms. The molecule has 0 saturated heterocycles. The number of hydrogen-bond donors (Lipinski definition) is 1. The minimum atomic E-state index is -1.05. The van der Waals surface area contributed by atoms with Crippen molar-refractivity contribution in [2.75, 3.05) is 7.11 Å². The van der Waals surface area contributed by atoms with Crippen LogP contribution in [-0.4, -0.2) is 24.0 Å². The van der Waals surface area contributed by atoms with Crippen LogP contribution in [0.4, 0.5) is 0 Å². The predicted octanol–water partition coefficient (Wildman–Crippen LogP) is 2.69. The van der Waals surface area contributed by atoms with Gasteiger partial charge < -0.3 is 9.84 Å². The number of ketones is 1. The molecule has 4 nitrogen and oxygen atoms in total. The van der Waals surface area contributed by atoms with Crippen molar-refractivity contribution >= 4 is 11.8 Å². The molecule has 1 N–H and O–H groups in total. The fraction of sp³-hybridized carbons (Fsp3) is 0.429. The van der Waals surface area contributed by atoms with Gasteiger partial charge in [-0.1, -0.05) is 0 Å². The number of carboxylic acids is 1. The van der Waals surface area contributed by atoms with E-state index in [1.165, 1.54) is 0 Å². The van der Waals surface area contributed by atoms with E-state index in [9.17, 15) is 9.59 Å². The Bertz CT molecular complexity index is 475. The van der Waals surface area contributed by atoms with Crippen LogP contribution in [-0.2, 0) is 4.79 Å². The highest BCUT2D eigenvalue weighted by Crippen LogP contribution is 2.25. The first kappa shape index (κ1) is 14.2. The van der Waals surface area contributed by atoms with Gasteiger partial charge in [0.25, 0.3) is 0 Å². The Morgan fingerprint density at radius 1 is 1.33 bits per heavy atom. The summed E-state index contributed by atoms with van der Waals surface area (Å²) in [6.45, 7) is 4.90. The molecular formula is C14H18O4. The van der Waals surface area contributed by atoms with Gasteiger partial charge in [0, 0.05) is 12.0 Å². The molecule has 0 atom stereocenters. The lowest BCUT2D eigenvalue weighted by Crippen LogP contribution is -2.27. The monoisotopic (exact) mass is 250 g/mol. The zero-order chi connectivity index (χ0) is 13.9. The summed E-state index contributed by atoms with van der Waals surface area (Å²) in [4.78, 5) is 23.1. The number of carboxylic acid groups (broad SMARTS) is 1. The average molecular weight is 250 g/mol. The average Bonchev–Trinajstić information content (AvgIpc) is 2.27. The molecular weight excluding hydrogens is 232 g/mol. The van der Waals surface area contributed by atoms with Crippen LogP contribution in [0.5, 0.6) is 5.75 Å². The van der Waals surface area contributed by atoms with Crippen molar-refractivity contribution in [3.63, 3.8) is 0 Å². The number of rotatable bonds is 5. The molecule has 1 rings (SSSR count). The highest BCUT2D eigenvalue weighted by Gasteiger charge is 2.30. The Labute approximate surface area is 107 Å². The molecule has 0 spiro atoms.